The molecule has 0 unspecified atom stereocenters. The van der Waals surface area contributed by atoms with Crippen LogP contribution in [0.4, 0.5) is 0 Å². The molecule has 2 nitrogen and oxygen atoms in total. The highest BCUT2D eigenvalue weighted by Crippen LogP contribution is 2.25. The van der Waals surface area contributed by atoms with E-state index in [0.29, 0.717) is 6.04 Å². The van der Waals surface area contributed by atoms with Gasteiger partial charge >= 0.3 is 0 Å². The molecule has 0 bridgehead atoms. The van der Waals surface area contributed by atoms with Crippen LogP contribution in [0.1, 0.15) is 12.8 Å². The molecule has 0 aromatic heterocycles. The predicted octanol–water partition coefficient (Wildman–Crippen LogP) is 0.287. The molecule has 0 aliphatic heterocycles. The second-order valence-corrected chi connectivity index (χ2v) is 2.44. The highest BCUT2D eigenvalue weighted by molar-refractivity contribution is 5.15. The van der Waals surface area contributed by atoms with Crippen LogP contribution in [0, 0.1) is 0 Å². The van der Waals surface area contributed by atoms with Gasteiger partial charge in [-0.2, -0.15) is 0 Å². The number of nitrogens with one attached hydrogen (secondary N) is 1. The zero-order valence-corrected chi connectivity index (χ0v) is 5.72. The van der Waals surface area contributed by atoms with E-state index in [9.17, 15) is 0 Å². The predicted molar refractivity (Wildman–Crippen MR) is 37.3 cm³/mol. The van der Waals surface area contributed by atoms with E-state index in [1.165, 1.54) is 5.57 Å². The summed E-state index contributed by atoms with van der Waals surface area (Å²) in [5.74, 6) is 0. The van der Waals surface area contributed by atoms with Crippen molar-refractivity contribution in [2.24, 2.45) is 0 Å². The first-order valence-electron chi connectivity index (χ1n) is 3.33. The first-order chi connectivity index (χ1) is 4.36. The summed E-state index contributed by atoms with van der Waals surface area (Å²) < 4.78 is 0. The highest BCUT2D eigenvalue weighted by Gasteiger charge is 2.19. The van der Waals surface area contributed by atoms with E-state index < -0.39 is 0 Å². The molecular formula is C7H13NO. The van der Waals surface area contributed by atoms with Crippen LogP contribution in [0.5, 0.6) is 0 Å². The standard InChI is InChI=1S/C7H13NO/c1-8-7-4-6(5-7)2-3-9/h2,7-9H,3-5H2,1H3. The van der Waals surface area contributed by atoms with Crippen molar-refractivity contribution in [1.29, 1.82) is 0 Å². The van der Waals surface area contributed by atoms with Crippen LogP contribution in [-0.4, -0.2) is 24.8 Å². The van der Waals surface area contributed by atoms with Gasteiger partial charge in [0.1, 0.15) is 0 Å². The SMILES string of the molecule is CNC1CC(=CCO)C1. The molecule has 0 radical (unpaired) electrons. The minimum Gasteiger partial charge on any atom is -0.392 e. The maximum absolute atomic E-state index is 8.46. The summed E-state index contributed by atoms with van der Waals surface area (Å²) >= 11 is 0. The molecular weight excluding hydrogens is 114 g/mol. The first kappa shape index (κ1) is 6.78. The zero-order chi connectivity index (χ0) is 6.69. The molecule has 0 spiro atoms. The second-order valence-electron chi connectivity index (χ2n) is 2.44. The molecule has 1 aliphatic rings. The van der Waals surface area contributed by atoms with Crippen molar-refractivity contribution in [3.8, 4) is 0 Å². The van der Waals surface area contributed by atoms with E-state index in [1.807, 2.05) is 13.1 Å². The van der Waals surface area contributed by atoms with Crippen molar-refractivity contribution in [2.75, 3.05) is 13.7 Å². The summed E-state index contributed by atoms with van der Waals surface area (Å²) in [7, 11) is 1.97. The summed E-state index contributed by atoms with van der Waals surface area (Å²) in [5.41, 5.74) is 1.39. The van der Waals surface area contributed by atoms with Crippen molar-refractivity contribution in [2.45, 2.75) is 18.9 Å². The Hall–Kier alpha value is -0.340. The molecule has 9 heavy (non-hydrogen) atoms. The van der Waals surface area contributed by atoms with Gasteiger partial charge in [0.2, 0.25) is 0 Å². The zero-order valence-electron chi connectivity index (χ0n) is 5.72. The summed E-state index contributed by atoms with van der Waals surface area (Å²) in [4.78, 5) is 0. The van der Waals surface area contributed by atoms with Crippen LogP contribution in [-0.2, 0) is 0 Å². The van der Waals surface area contributed by atoms with Crippen LogP contribution in [0.3, 0.4) is 0 Å². The maximum Gasteiger partial charge on any atom is 0.0615 e. The molecule has 0 aromatic rings. The largest absolute Gasteiger partial charge is 0.392 e. The average molecular weight is 127 g/mol. The van der Waals surface area contributed by atoms with Crippen molar-refractivity contribution >= 4 is 0 Å². The Balaban J connectivity index is 2.18. The Kier molecular flexibility index (Phi) is 2.25. The van der Waals surface area contributed by atoms with Crippen LogP contribution >= 0.6 is 0 Å². The molecule has 2 N–H and O–H groups in total. The van der Waals surface area contributed by atoms with Gasteiger partial charge < -0.3 is 10.4 Å². The van der Waals surface area contributed by atoms with Crippen molar-refractivity contribution < 1.29 is 5.11 Å². The van der Waals surface area contributed by atoms with Crippen LogP contribution < -0.4 is 5.32 Å². The molecule has 0 heterocycles. The van der Waals surface area contributed by atoms with E-state index in [0.717, 1.165) is 12.8 Å². The minimum absolute atomic E-state index is 0.200. The molecule has 2 heteroatoms. The van der Waals surface area contributed by atoms with Crippen LogP contribution in [0.15, 0.2) is 11.6 Å². The Labute approximate surface area is 55.6 Å². The molecule has 1 saturated carbocycles. The van der Waals surface area contributed by atoms with Crippen molar-refractivity contribution in [3.63, 3.8) is 0 Å². The van der Waals surface area contributed by atoms with Gasteiger partial charge in [-0.25, -0.2) is 0 Å². The normalized spacial score (nSPS) is 25.6. The van der Waals surface area contributed by atoms with Crippen LogP contribution in [0.2, 0.25) is 0 Å². The lowest BCUT2D eigenvalue weighted by Crippen LogP contribution is -2.33. The van der Waals surface area contributed by atoms with E-state index in [1.54, 1.807) is 0 Å². The second kappa shape index (κ2) is 2.99. The fourth-order valence-corrected chi connectivity index (χ4v) is 1.07. The van der Waals surface area contributed by atoms with Gasteiger partial charge in [-0.3, -0.25) is 0 Å². The molecule has 52 valence electrons. The Morgan fingerprint density at radius 3 is 2.89 bits per heavy atom. The van der Waals surface area contributed by atoms with Gasteiger partial charge in [0.05, 0.1) is 6.61 Å². The van der Waals surface area contributed by atoms with Crippen molar-refractivity contribution in [3.05, 3.63) is 11.6 Å². The third-order valence-electron chi connectivity index (χ3n) is 1.81. The Bertz CT molecular complexity index is 112. The summed E-state index contributed by atoms with van der Waals surface area (Å²) in [6, 6.07) is 0.669. The molecule has 0 saturated heterocycles. The minimum atomic E-state index is 0.200. The maximum atomic E-state index is 8.46. The van der Waals surface area contributed by atoms with Crippen molar-refractivity contribution in [1.82, 2.24) is 5.32 Å². The fraction of sp³-hybridized carbons (Fsp3) is 0.714. The molecule has 0 amide bonds. The number of aliphatic hydroxyl groups is 1. The van der Waals surface area contributed by atoms with Gasteiger partial charge in [0, 0.05) is 6.04 Å². The van der Waals surface area contributed by atoms with Gasteiger partial charge in [-0.1, -0.05) is 11.6 Å². The number of hydrogen-bond donors (Lipinski definition) is 2. The quantitative estimate of drug-likeness (QED) is 0.522. The molecule has 0 atom stereocenters. The van der Waals surface area contributed by atoms with Gasteiger partial charge in [0.15, 0.2) is 0 Å². The topological polar surface area (TPSA) is 32.3 Å². The Morgan fingerprint density at radius 1 is 1.78 bits per heavy atom. The number of hydrogen-bond acceptors (Lipinski definition) is 2. The number of aliphatic hydroxyl groups excluding tert-OH is 1. The summed E-state index contributed by atoms with van der Waals surface area (Å²) in [6.45, 7) is 0.200. The lowest BCUT2D eigenvalue weighted by Gasteiger charge is -2.28. The third kappa shape index (κ3) is 1.53. The Morgan fingerprint density at radius 2 is 2.44 bits per heavy atom. The smallest absolute Gasteiger partial charge is 0.0615 e. The molecule has 1 fully saturated rings. The number of rotatable bonds is 2. The van der Waals surface area contributed by atoms with Gasteiger partial charge in [-0.05, 0) is 19.9 Å². The molecule has 0 aromatic carbocycles. The molecule has 1 rings (SSSR count). The van der Waals surface area contributed by atoms with E-state index in [-0.39, 0.29) is 6.61 Å². The van der Waals surface area contributed by atoms with E-state index >= 15 is 0 Å². The first-order valence-corrected chi connectivity index (χ1v) is 3.33. The lowest BCUT2D eigenvalue weighted by molar-refractivity contribution is 0.337. The van der Waals surface area contributed by atoms with Gasteiger partial charge in [-0.15, -0.1) is 0 Å². The molecule has 1 aliphatic carbocycles. The van der Waals surface area contributed by atoms with E-state index in [2.05, 4.69) is 5.32 Å². The summed E-state index contributed by atoms with van der Waals surface area (Å²) in [5, 5.41) is 11.6. The fourth-order valence-electron chi connectivity index (χ4n) is 1.07. The lowest BCUT2D eigenvalue weighted by atomic mass is 9.86. The van der Waals surface area contributed by atoms with E-state index in [4.69, 9.17) is 5.11 Å². The average Bonchev–Trinajstić information content (AvgIpc) is 1.77. The monoisotopic (exact) mass is 127 g/mol. The highest BCUT2D eigenvalue weighted by atomic mass is 16.2. The van der Waals surface area contributed by atoms with Gasteiger partial charge in [0.25, 0.3) is 0 Å². The van der Waals surface area contributed by atoms with Crippen LogP contribution in [0.25, 0.3) is 0 Å². The summed E-state index contributed by atoms with van der Waals surface area (Å²) in [6.07, 6.45) is 4.14. The third-order valence-corrected chi connectivity index (χ3v) is 1.81.